The topological polar surface area (TPSA) is 61.5 Å². The van der Waals surface area contributed by atoms with Crippen LogP contribution in [0.25, 0.3) is 0 Å². The molecule has 1 aromatic rings. The second kappa shape index (κ2) is 6.05. The highest BCUT2D eigenvalue weighted by Crippen LogP contribution is 2.20. The monoisotopic (exact) mass is 294 g/mol. The van der Waals surface area contributed by atoms with Crippen LogP contribution in [-0.2, 0) is 11.3 Å². The molecule has 0 unspecified atom stereocenters. The molecule has 0 spiro atoms. The first-order valence-corrected chi connectivity index (χ1v) is 7.48. The van der Waals surface area contributed by atoms with Gasteiger partial charge in [0, 0.05) is 37.6 Å². The van der Waals surface area contributed by atoms with Gasteiger partial charge in [0.2, 0.25) is 0 Å². The molecule has 2 heterocycles. The van der Waals surface area contributed by atoms with Gasteiger partial charge in [0.1, 0.15) is 11.4 Å². The van der Waals surface area contributed by atoms with Gasteiger partial charge in [-0.1, -0.05) is 0 Å². The molecule has 0 aliphatic carbocycles. The third-order valence-electron chi connectivity index (χ3n) is 3.65. The Hall–Kier alpha value is -1.56. The van der Waals surface area contributed by atoms with Crippen LogP contribution in [0.1, 0.15) is 40.4 Å². The highest BCUT2D eigenvalue weighted by atomic mass is 16.6. The summed E-state index contributed by atoms with van der Waals surface area (Å²) in [5.74, 6) is 0.958. The van der Waals surface area contributed by atoms with Crippen LogP contribution >= 0.6 is 0 Å². The molecule has 1 amide bonds. The molecule has 2 atom stereocenters. The number of carbonyl (C=O) groups excluding carboxylic acids is 1. The summed E-state index contributed by atoms with van der Waals surface area (Å²) in [5, 5.41) is 0. The minimum atomic E-state index is -0.453. The smallest absolute Gasteiger partial charge is 0.410 e. The predicted molar refractivity (Wildman–Crippen MR) is 80.9 cm³/mol. The van der Waals surface area contributed by atoms with E-state index in [-0.39, 0.29) is 18.2 Å². The quantitative estimate of drug-likeness (QED) is 0.908. The first-order chi connectivity index (χ1) is 9.76. The van der Waals surface area contributed by atoms with Gasteiger partial charge in [-0.15, -0.1) is 0 Å². The Balaban J connectivity index is 1.96. The summed E-state index contributed by atoms with van der Waals surface area (Å²) in [6, 6.07) is 0.407. The summed E-state index contributed by atoms with van der Waals surface area (Å²) < 4.78 is 5.49. The van der Waals surface area contributed by atoms with E-state index < -0.39 is 5.60 Å². The number of hydrogen-bond acceptors (Lipinski definition) is 4. The molecule has 1 aliphatic heterocycles. The third-order valence-corrected chi connectivity index (χ3v) is 3.65. The van der Waals surface area contributed by atoms with Gasteiger partial charge in [-0.05, 0) is 34.6 Å². The molecule has 1 aliphatic rings. The Bertz CT molecular complexity index is 467. The fourth-order valence-electron chi connectivity index (χ4n) is 2.57. The van der Waals surface area contributed by atoms with E-state index >= 15 is 0 Å². The number of nitrogens with zero attached hydrogens (tertiary/aromatic N) is 3. The number of H-pyrrole nitrogens is 1. The summed E-state index contributed by atoms with van der Waals surface area (Å²) in [6.45, 7) is 12.2. The van der Waals surface area contributed by atoms with Gasteiger partial charge in [-0.3, -0.25) is 4.90 Å². The van der Waals surface area contributed by atoms with Crippen molar-refractivity contribution in [3.05, 3.63) is 18.2 Å². The lowest BCUT2D eigenvalue weighted by Gasteiger charge is -2.43. The van der Waals surface area contributed by atoms with Crippen LogP contribution in [0.4, 0.5) is 4.79 Å². The van der Waals surface area contributed by atoms with Crippen molar-refractivity contribution in [2.45, 2.75) is 58.8 Å². The molecule has 1 N–H and O–H groups in total. The van der Waals surface area contributed by atoms with Crippen LogP contribution in [0, 0.1) is 0 Å². The summed E-state index contributed by atoms with van der Waals surface area (Å²) in [5.41, 5.74) is -0.453. The van der Waals surface area contributed by atoms with Crippen molar-refractivity contribution in [1.29, 1.82) is 0 Å². The van der Waals surface area contributed by atoms with Crippen molar-refractivity contribution in [3.63, 3.8) is 0 Å². The zero-order valence-electron chi connectivity index (χ0n) is 13.6. The SMILES string of the molecule is C[C@@H]1CN(C(=O)OC(C)(C)C)[C@H](C)CN1Cc1ncc[nH]1. The van der Waals surface area contributed by atoms with E-state index in [0.717, 1.165) is 18.9 Å². The van der Waals surface area contributed by atoms with Crippen LogP contribution in [0.3, 0.4) is 0 Å². The Morgan fingerprint density at radius 3 is 2.67 bits per heavy atom. The molecule has 1 fully saturated rings. The molecular formula is C15H26N4O2. The fraction of sp³-hybridized carbons (Fsp3) is 0.733. The molecule has 0 aromatic carbocycles. The van der Waals surface area contributed by atoms with Crippen molar-refractivity contribution in [3.8, 4) is 0 Å². The fourth-order valence-corrected chi connectivity index (χ4v) is 2.57. The number of imidazole rings is 1. The molecule has 0 saturated carbocycles. The van der Waals surface area contributed by atoms with Crippen molar-refractivity contribution in [2.75, 3.05) is 13.1 Å². The van der Waals surface area contributed by atoms with Crippen molar-refractivity contribution in [2.24, 2.45) is 0 Å². The van der Waals surface area contributed by atoms with Crippen molar-refractivity contribution < 1.29 is 9.53 Å². The highest BCUT2D eigenvalue weighted by molar-refractivity contribution is 5.68. The molecule has 2 rings (SSSR count). The molecular weight excluding hydrogens is 268 g/mol. The predicted octanol–water partition coefficient (Wildman–Crippen LogP) is 2.24. The van der Waals surface area contributed by atoms with Crippen LogP contribution < -0.4 is 0 Å². The standard InChI is InChI=1S/C15H26N4O2/c1-11-9-19(14(20)21-15(3,4)5)12(2)8-18(11)10-13-16-6-7-17-13/h6-7,11-12H,8-10H2,1-5H3,(H,16,17)/t11-,12-/m1/s1. The Morgan fingerprint density at radius 2 is 2.10 bits per heavy atom. The Labute approximate surface area is 126 Å². The minimum absolute atomic E-state index is 0.131. The number of hydrogen-bond donors (Lipinski definition) is 1. The number of aromatic nitrogens is 2. The van der Waals surface area contributed by atoms with Crippen LogP contribution in [0.5, 0.6) is 0 Å². The molecule has 6 nitrogen and oxygen atoms in total. The first-order valence-electron chi connectivity index (χ1n) is 7.48. The van der Waals surface area contributed by atoms with Gasteiger partial charge in [0.25, 0.3) is 0 Å². The average molecular weight is 294 g/mol. The van der Waals surface area contributed by atoms with E-state index in [9.17, 15) is 4.79 Å². The second-order valence-corrected chi connectivity index (χ2v) is 6.80. The number of rotatable bonds is 2. The third kappa shape index (κ3) is 4.20. The van der Waals surface area contributed by atoms with Crippen molar-refractivity contribution >= 4 is 6.09 Å². The average Bonchev–Trinajstić information content (AvgIpc) is 2.84. The maximum atomic E-state index is 12.3. The molecule has 1 aromatic heterocycles. The van der Waals surface area contributed by atoms with Crippen LogP contribution in [0.15, 0.2) is 12.4 Å². The van der Waals surface area contributed by atoms with E-state index in [4.69, 9.17) is 4.74 Å². The molecule has 21 heavy (non-hydrogen) atoms. The van der Waals surface area contributed by atoms with Gasteiger partial charge in [0.05, 0.1) is 6.54 Å². The highest BCUT2D eigenvalue weighted by Gasteiger charge is 2.34. The number of amides is 1. The van der Waals surface area contributed by atoms with E-state index in [2.05, 4.69) is 28.7 Å². The number of ether oxygens (including phenoxy) is 1. The minimum Gasteiger partial charge on any atom is -0.444 e. The van der Waals surface area contributed by atoms with Gasteiger partial charge in [0.15, 0.2) is 0 Å². The normalized spacial score (nSPS) is 24.1. The molecule has 6 heteroatoms. The second-order valence-electron chi connectivity index (χ2n) is 6.80. The maximum Gasteiger partial charge on any atom is 0.410 e. The first kappa shape index (κ1) is 15.8. The summed E-state index contributed by atoms with van der Waals surface area (Å²) in [4.78, 5) is 23.8. The van der Waals surface area contributed by atoms with Gasteiger partial charge in [-0.2, -0.15) is 0 Å². The van der Waals surface area contributed by atoms with Gasteiger partial charge >= 0.3 is 6.09 Å². The Morgan fingerprint density at radius 1 is 1.38 bits per heavy atom. The molecule has 118 valence electrons. The summed E-state index contributed by atoms with van der Waals surface area (Å²) >= 11 is 0. The van der Waals surface area contributed by atoms with E-state index in [1.807, 2.05) is 31.9 Å². The van der Waals surface area contributed by atoms with Gasteiger partial charge in [-0.25, -0.2) is 9.78 Å². The molecule has 0 bridgehead atoms. The number of piperazine rings is 1. The number of aromatic amines is 1. The lowest BCUT2D eigenvalue weighted by molar-refractivity contribution is -0.0121. The van der Waals surface area contributed by atoms with Crippen molar-refractivity contribution in [1.82, 2.24) is 19.8 Å². The van der Waals surface area contributed by atoms with E-state index in [1.165, 1.54) is 0 Å². The molecule has 0 radical (unpaired) electrons. The zero-order chi connectivity index (χ0) is 15.6. The van der Waals surface area contributed by atoms with Crippen LogP contribution in [-0.4, -0.2) is 56.6 Å². The maximum absolute atomic E-state index is 12.3. The lowest BCUT2D eigenvalue weighted by atomic mass is 10.1. The van der Waals surface area contributed by atoms with E-state index in [0.29, 0.717) is 6.54 Å². The summed E-state index contributed by atoms with van der Waals surface area (Å²) in [6.07, 6.45) is 3.38. The lowest BCUT2D eigenvalue weighted by Crippen LogP contribution is -2.58. The number of nitrogens with one attached hydrogen (secondary N) is 1. The number of carbonyl (C=O) groups is 1. The zero-order valence-corrected chi connectivity index (χ0v) is 13.6. The summed E-state index contributed by atoms with van der Waals surface area (Å²) in [7, 11) is 0. The largest absolute Gasteiger partial charge is 0.444 e. The van der Waals surface area contributed by atoms with E-state index in [1.54, 1.807) is 6.20 Å². The van der Waals surface area contributed by atoms with Crippen LogP contribution in [0.2, 0.25) is 0 Å². The van der Waals surface area contributed by atoms with Gasteiger partial charge < -0.3 is 14.6 Å². The molecule has 1 saturated heterocycles. The Kier molecular flexibility index (Phi) is 4.56.